The summed E-state index contributed by atoms with van der Waals surface area (Å²) < 4.78 is 26.6. The Morgan fingerprint density at radius 2 is 1.49 bits per heavy atom. The van der Waals surface area contributed by atoms with Crippen LogP contribution in [0.1, 0.15) is 48.9 Å². The number of hydrogen-bond acceptors (Lipinski definition) is 4. The van der Waals surface area contributed by atoms with Crippen molar-refractivity contribution in [2.75, 3.05) is 23.7 Å². The zero-order valence-electron chi connectivity index (χ0n) is 24.8. The van der Waals surface area contributed by atoms with Gasteiger partial charge in [-0.3, -0.25) is 13.9 Å². The molecule has 7 nitrogen and oxygen atoms in total. The first kappa shape index (κ1) is 31.9. The van der Waals surface area contributed by atoms with Crippen LogP contribution in [0.25, 0.3) is 0 Å². The molecule has 2 amide bonds. The van der Waals surface area contributed by atoms with E-state index < -0.39 is 16.1 Å². The van der Waals surface area contributed by atoms with Crippen LogP contribution in [0.4, 0.5) is 5.69 Å². The number of nitrogens with one attached hydrogen (secondary N) is 1. The second kappa shape index (κ2) is 14.8. The minimum absolute atomic E-state index is 0.104. The van der Waals surface area contributed by atoms with Gasteiger partial charge in [-0.2, -0.15) is 0 Å². The number of carbonyl (C=O) groups excluding carboxylic acids is 2. The van der Waals surface area contributed by atoms with Gasteiger partial charge in [-0.15, -0.1) is 0 Å². The van der Waals surface area contributed by atoms with Crippen molar-refractivity contribution in [3.05, 3.63) is 101 Å². The lowest BCUT2D eigenvalue weighted by atomic mass is 10.0. The topological polar surface area (TPSA) is 86.8 Å². The number of amides is 2. The Kier molecular flexibility index (Phi) is 11.5. The first-order valence-electron chi connectivity index (χ1n) is 14.1. The molecule has 8 heteroatoms. The Morgan fingerprint density at radius 1 is 0.854 bits per heavy atom. The standard InChI is InChI=1S/C33H43N3O4S/c1-25(2)23-34-33(38)31(22-28-14-7-6-8-15-28)35(24-29-16-9-12-26(3)20-29)32(37)18-11-19-36(41(5,39)40)30-17-10-13-27(4)21-30/h6-10,12-17,20-21,25,31H,11,18-19,22-24H2,1-5H3,(H,34,38)/t31-/m0/s1. The Hall–Kier alpha value is -3.65. The monoisotopic (exact) mass is 577 g/mol. The van der Waals surface area contributed by atoms with Crippen molar-refractivity contribution in [2.45, 2.75) is 59.5 Å². The van der Waals surface area contributed by atoms with Crippen molar-refractivity contribution < 1.29 is 18.0 Å². The van der Waals surface area contributed by atoms with Gasteiger partial charge in [0.15, 0.2) is 0 Å². The highest BCUT2D eigenvalue weighted by Crippen LogP contribution is 2.21. The van der Waals surface area contributed by atoms with Gasteiger partial charge >= 0.3 is 0 Å². The van der Waals surface area contributed by atoms with Crippen molar-refractivity contribution >= 4 is 27.5 Å². The highest BCUT2D eigenvalue weighted by Gasteiger charge is 2.30. The van der Waals surface area contributed by atoms with E-state index in [0.29, 0.717) is 25.1 Å². The fraction of sp³-hybridized carbons (Fsp3) is 0.394. The number of carbonyl (C=O) groups is 2. The third-order valence-electron chi connectivity index (χ3n) is 6.83. The van der Waals surface area contributed by atoms with Crippen LogP contribution in [-0.4, -0.2) is 50.5 Å². The van der Waals surface area contributed by atoms with Crippen LogP contribution in [0.15, 0.2) is 78.9 Å². The Bertz CT molecular complexity index is 1410. The molecule has 0 spiro atoms. The number of rotatable bonds is 14. The van der Waals surface area contributed by atoms with Gasteiger partial charge in [-0.1, -0.05) is 86.1 Å². The van der Waals surface area contributed by atoms with E-state index in [1.54, 1.807) is 11.0 Å². The van der Waals surface area contributed by atoms with Crippen LogP contribution >= 0.6 is 0 Å². The first-order valence-corrected chi connectivity index (χ1v) is 16.0. The molecule has 1 N–H and O–H groups in total. The molecule has 0 unspecified atom stereocenters. The summed E-state index contributed by atoms with van der Waals surface area (Å²) in [5.41, 5.74) is 4.49. The van der Waals surface area contributed by atoms with Crippen molar-refractivity contribution in [1.82, 2.24) is 10.2 Å². The van der Waals surface area contributed by atoms with Gasteiger partial charge in [0.05, 0.1) is 11.9 Å². The molecule has 3 rings (SSSR count). The molecule has 0 saturated heterocycles. The Balaban J connectivity index is 1.88. The molecule has 0 bridgehead atoms. The summed E-state index contributed by atoms with van der Waals surface area (Å²) in [6.45, 7) is 8.92. The van der Waals surface area contributed by atoms with Crippen LogP contribution in [0.5, 0.6) is 0 Å². The summed E-state index contributed by atoms with van der Waals surface area (Å²) in [6.07, 6.45) is 1.97. The SMILES string of the molecule is Cc1cccc(CN(C(=O)CCCN(c2cccc(C)c2)S(C)(=O)=O)[C@@H](Cc2ccccc2)C(=O)NCC(C)C)c1. The van der Waals surface area contributed by atoms with Gasteiger partial charge in [-0.05, 0) is 55.0 Å². The molecule has 0 aromatic heterocycles. The van der Waals surface area contributed by atoms with Crippen molar-refractivity contribution in [1.29, 1.82) is 0 Å². The first-order chi connectivity index (χ1) is 19.4. The average Bonchev–Trinajstić information content (AvgIpc) is 2.91. The lowest BCUT2D eigenvalue weighted by molar-refractivity contribution is -0.141. The van der Waals surface area contributed by atoms with Gasteiger partial charge in [-0.25, -0.2) is 8.42 Å². The second-order valence-electron chi connectivity index (χ2n) is 11.1. The fourth-order valence-electron chi connectivity index (χ4n) is 4.77. The number of nitrogens with zero attached hydrogens (tertiary/aromatic N) is 2. The summed E-state index contributed by atoms with van der Waals surface area (Å²) in [4.78, 5) is 29.2. The third kappa shape index (κ3) is 10.0. The number of aryl methyl sites for hydroxylation is 2. The maximum absolute atomic E-state index is 13.9. The molecule has 0 aliphatic heterocycles. The lowest BCUT2D eigenvalue weighted by Gasteiger charge is -2.32. The van der Waals surface area contributed by atoms with Gasteiger partial charge in [0, 0.05) is 32.5 Å². The number of hydrogen-bond donors (Lipinski definition) is 1. The Morgan fingerprint density at radius 3 is 2.10 bits per heavy atom. The van der Waals surface area contributed by atoms with Crippen LogP contribution in [0.2, 0.25) is 0 Å². The van der Waals surface area contributed by atoms with E-state index in [0.717, 1.165) is 22.3 Å². The van der Waals surface area contributed by atoms with Gasteiger partial charge in [0.2, 0.25) is 21.8 Å². The summed E-state index contributed by atoms with van der Waals surface area (Å²) >= 11 is 0. The van der Waals surface area contributed by atoms with Crippen molar-refractivity contribution in [2.24, 2.45) is 5.92 Å². The third-order valence-corrected chi connectivity index (χ3v) is 8.03. The largest absolute Gasteiger partial charge is 0.354 e. The predicted octanol–water partition coefficient (Wildman–Crippen LogP) is 5.26. The predicted molar refractivity (Wildman–Crippen MR) is 166 cm³/mol. The maximum Gasteiger partial charge on any atom is 0.243 e. The molecule has 0 radical (unpaired) electrons. The van der Waals surface area contributed by atoms with Crippen molar-refractivity contribution in [3.63, 3.8) is 0 Å². The zero-order valence-corrected chi connectivity index (χ0v) is 25.7. The lowest BCUT2D eigenvalue weighted by Crippen LogP contribution is -2.51. The molecule has 41 heavy (non-hydrogen) atoms. The van der Waals surface area contributed by atoms with E-state index in [4.69, 9.17) is 0 Å². The molecular formula is C33H43N3O4S. The van der Waals surface area contributed by atoms with Gasteiger partial charge in [0.25, 0.3) is 0 Å². The normalized spacial score (nSPS) is 12.1. The minimum atomic E-state index is -3.55. The molecular weight excluding hydrogens is 534 g/mol. The molecule has 0 aliphatic carbocycles. The maximum atomic E-state index is 13.9. The molecule has 0 saturated carbocycles. The summed E-state index contributed by atoms with van der Waals surface area (Å²) in [5.74, 6) is -0.119. The highest BCUT2D eigenvalue weighted by atomic mass is 32.2. The minimum Gasteiger partial charge on any atom is -0.354 e. The van der Waals surface area contributed by atoms with Crippen molar-refractivity contribution in [3.8, 4) is 0 Å². The second-order valence-corrected chi connectivity index (χ2v) is 13.0. The molecule has 1 atom stereocenters. The van der Waals surface area contributed by atoms with E-state index in [2.05, 4.69) is 5.32 Å². The van der Waals surface area contributed by atoms with Crippen LogP contribution in [0.3, 0.4) is 0 Å². The molecule has 3 aromatic carbocycles. The molecule has 0 aliphatic rings. The Labute approximate surface area is 245 Å². The van der Waals surface area contributed by atoms with E-state index >= 15 is 0 Å². The summed E-state index contributed by atoms with van der Waals surface area (Å²) in [7, 11) is -3.55. The summed E-state index contributed by atoms with van der Waals surface area (Å²) in [6, 6.07) is 24.2. The number of sulfonamides is 1. The van der Waals surface area contributed by atoms with Crippen LogP contribution in [-0.2, 0) is 32.6 Å². The molecule has 220 valence electrons. The van der Waals surface area contributed by atoms with Crippen LogP contribution in [0, 0.1) is 19.8 Å². The van der Waals surface area contributed by atoms with E-state index in [9.17, 15) is 18.0 Å². The van der Waals surface area contributed by atoms with E-state index in [1.807, 2.05) is 100 Å². The van der Waals surface area contributed by atoms with E-state index in [-0.39, 0.29) is 37.2 Å². The molecule has 0 heterocycles. The zero-order chi connectivity index (χ0) is 30.0. The van der Waals surface area contributed by atoms with Gasteiger partial charge in [0.1, 0.15) is 6.04 Å². The molecule has 3 aromatic rings. The molecule has 0 fully saturated rings. The smallest absolute Gasteiger partial charge is 0.243 e. The highest BCUT2D eigenvalue weighted by molar-refractivity contribution is 7.92. The number of benzene rings is 3. The number of anilines is 1. The van der Waals surface area contributed by atoms with Crippen LogP contribution < -0.4 is 9.62 Å². The quantitative estimate of drug-likeness (QED) is 0.283. The fourth-order valence-corrected chi connectivity index (χ4v) is 5.73. The average molecular weight is 578 g/mol. The van der Waals surface area contributed by atoms with Gasteiger partial charge < -0.3 is 10.2 Å². The van der Waals surface area contributed by atoms with E-state index in [1.165, 1.54) is 10.6 Å². The summed E-state index contributed by atoms with van der Waals surface area (Å²) in [5, 5.41) is 3.04.